The number of H-pyrrole nitrogens is 1. The quantitative estimate of drug-likeness (QED) is 0.291. The Hall–Kier alpha value is -4.15. The molecule has 0 aliphatic carbocycles. The Bertz CT molecular complexity index is 1690. The molecule has 194 valence electrons. The SMILES string of the molecule is Cc1cc(-c2cc(Cl)c(OCc3ncn[nH]3)c(Cl)c2)c2c(c1)n(CC(=O)Nc1ccc(F)cc1)c(=O)n2C. The van der Waals surface area contributed by atoms with E-state index in [0.29, 0.717) is 39.4 Å². The number of anilines is 1. The fourth-order valence-corrected chi connectivity index (χ4v) is 4.84. The highest BCUT2D eigenvalue weighted by molar-refractivity contribution is 6.37. The third-order valence-corrected chi connectivity index (χ3v) is 6.50. The van der Waals surface area contributed by atoms with Gasteiger partial charge in [-0.15, -0.1) is 0 Å². The fourth-order valence-electron chi connectivity index (χ4n) is 4.24. The van der Waals surface area contributed by atoms with Crippen LogP contribution < -0.4 is 15.7 Å². The van der Waals surface area contributed by atoms with Crippen LogP contribution in [0.3, 0.4) is 0 Å². The summed E-state index contributed by atoms with van der Waals surface area (Å²) in [7, 11) is 1.63. The smallest absolute Gasteiger partial charge is 0.329 e. The molecule has 0 radical (unpaired) electrons. The number of nitrogens with zero attached hydrogens (tertiary/aromatic N) is 4. The molecule has 3 aromatic carbocycles. The number of aromatic amines is 1. The second-order valence-electron chi connectivity index (χ2n) is 8.65. The molecule has 1 amide bonds. The van der Waals surface area contributed by atoms with Crippen molar-refractivity contribution < 1.29 is 13.9 Å². The number of benzene rings is 3. The van der Waals surface area contributed by atoms with Gasteiger partial charge < -0.3 is 10.1 Å². The van der Waals surface area contributed by atoms with Crippen LogP contribution in [0, 0.1) is 12.7 Å². The third kappa shape index (κ3) is 5.00. The molecule has 0 aliphatic heterocycles. The molecule has 5 aromatic rings. The summed E-state index contributed by atoms with van der Waals surface area (Å²) in [5.41, 5.74) is 3.48. The molecule has 0 spiro atoms. The molecular weight excluding hydrogens is 534 g/mol. The van der Waals surface area contributed by atoms with Gasteiger partial charge in [0.15, 0.2) is 11.6 Å². The summed E-state index contributed by atoms with van der Waals surface area (Å²) in [6, 6.07) is 12.6. The molecule has 0 bridgehead atoms. The van der Waals surface area contributed by atoms with E-state index in [0.717, 1.165) is 5.56 Å². The van der Waals surface area contributed by atoms with Crippen LogP contribution in [0.1, 0.15) is 11.4 Å². The lowest BCUT2D eigenvalue weighted by atomic mass is 10.0. The molecule has 0 aliphatic rings. The maximum atomic E-state index is 13.2. The summed E-state index contributed by atoms with van der Waals surface area (Å²) in [4.78, 5) is 30.0. The Kier molecular flexibility index (Phi) is 6.92. The number of ether oxygens (including phenoxy) is 1. The number of aromatic nitrogens is 5. The van der Waals surface area contributed by atoms with E-state index < -0.39 is 11.7 Å². The summed E-state index contributed by atoms with van der Waals surface area (Å²) in [6.07, 6.45) is 1.37. The van der Waals surface area contributed by atoms with Crippen LogP contribution >= 0.6 is 23.2 Å². The summed E-state index contributed by atoms with van der Waals surface area (Å²) >= 11 is 13.1. The van der Waals surface area contributed by atoms with Crippen LogP contribution in [0.2, 0.25) is 10.0 Å². The Morgan fingerprint density at radius 1 is 1.13 bits per heavy atom. The summed E-state index contributed by atoms with van der Waals surface area (Å²) in [5.74, 6) is -0.0257. The van der Waals surface area contributed by atoms with Crippen molar-refractivity contribution in [3.8, 4) is 16.9 Å². The number of halogens is 3. The van der Waals surface area contributed by atoms with Crippen molar-refractivity contribution in [1.29, 1.82) is 0 Å². The molecule has 12 heteroatoms. The number of hydrogen-bond acceptors (Lipinski definition) is 5. The molecule has 2 aromatic heterocycles. The van der Waals surface area contributed by atoms with Gasteiger partial charge in [0.2, 0.25) is 5.91 Å². The lowest BCUT2D eigenvalue weighted by Gasteiger charge is -2.13. The minimum atomic E-state index is -0.423. The van der Waals surface area contributed by atoms with E-state index >= 15 is 0 Å². The first kappa shape index (κ1) is 25.5. The second-order valence-corrected chi connectivity index (χ2v) is 9.47. The molecule has 0 atom stereocenters. The van der Waals surface area contributed by atoms with Gasteiger partial charge in [0.05, 0.1) is 21.1 Å². The maximum absolute atomic E-state index is 13.2. The molecule has 0 fully saturated rings. The number of rotatable bonds is 7. The van der Waals surface area contributed by atoms with Gasteiger partial charge in [-0.1, -0.05) is 23.2 Å². The minimum absolute atomic E-state index is 0.102. The first-order chi connectivity index (χ1) is 18.2. The van der Waals surface area contributed by atoms with Gasteiger partial charge in [-0.3, -0.25) is 19.0 Å². The number of carbonyl (C=O) groups excluding carboxylic acids is 1. The summed E-state index contributed by atoms with van der Waals surface area (Å²) < 4.78 is 21.8. The van der Waals surface area contributed by atoms with E-state index in [9.17, 15) is 14.0 Å². The molecule has 5 rings (SSSR count). The van der Waals surface area contributed by atoms with Crippen molar-refractivity contribution in [1.82, 2.24) is 24.3 Å². The van der Waals surface area contributed by atoms with Crippen LogP contribution in [-0.2, 0) is 25.0 Å². The van der Waals surface area contributed by atoms with Gasteiger partial charge in [-0.05, 0) is 66.6 Å². The molecule has 38 heavy (non-hydrogen) atoms. The van der Waals surface area contributed by atoms with Crippen molar-refractivity contribution in [2.24, 2.45) is 7.05 Å². The first-order valence-electron chi connectivity index (χ1n) is 11.4. The lowest BCUT2D eigenvalue weighted by Crippen LogP contribution is -2.28. The fraction of sp³-hybridized carbons (Fsp3) is 0.154. The highest BCUT2D eigenvalue weighted by Gasteiger charge is 2.20. The molecule has 0 unspecified atom stereocenters. The molecule has 2 heterocycles. The highest BCUT2D eigenvalue weighted by Crippen LogP contribution is 2.40. The van der Waals surface area contributed by atoms with Gasteiger partial charge in [-0.25, -0.2) is 14.2 Å². The van der Waals surface area contributed by atoms with Crippen molar-refractivity contribution in [3.05, 3.63) is 92.6 Å². The first-order valence-corrected chi connectivity index (χ1v) is 12.2. The standard InChI is InChI=1S/C26H21Cl2FN6O3/c1-14-7-18(15-9-19(27)25(20(28)10-15)38-12-22-30-13-31-33-22)24-21(8-14)35(26(37)34(24)2)11-23(36)32-17-5-3-16(29)4-6-17/h3-10,13H,11-12H2,1-2H3,(H,32,36)(H,30,31,33). The summed E-state index contributed by atoms with van der Waals surface area (Å²) in [6.45, 7) is 1.76. The van der Waals surface area contributed by atoms with E-state index in [-0.39, 0.29) is 28.9 Å². The Balaban J connectivity index is 1.51. The van der Waals surface area contributed by atoms with Crippen LogP contribution in [0.5, 0.6) is 5.75 Å². The maximum Gasteiger partial charge on any atom is 0.329 e. The third-order valence-electron chi connectivity index (χ3n) is 5.94. The zero-order chi connectivity index (χ0) is 27.0. The lowest BCUT2D eigenvalue weighted by molar-refractivity contribution is -0.116. The van der Waals surface area contributed by atoms with Crippen molar-refractivity contribution in [3.63, 3.8) is 0 Å². The zero-order valence-electron chi connectivity index (χ0n) is 20.3. The molecule has 2 N–H and O–H groups in total. The zero-order valence-corrected chi connectivity index (χ0v) is 21.8. The van der Waals surface area contributed by atoms with E-state index in [1.165, 1.54) is 39.7 Å². The Morgan fingerprint density at radius 2 is 1.84 bits per heavy atom. The molecule has 0 saturated carbocycles. The highest BCUT2D eigenvalue weighted by atomic mass is 35.5. The van der Waals surface area contributed by atoms with Crippen LogP contribution in [0.25, 0.3) is 22.2 Å². The van der Waals surface area contributed by atoms with Crippen molar-refractivity contribution >= 4 is 45.8 Å². The summed E-state index contributed by atoms with van der Waals surface area (Å²) in [5, 5.41) is 9.73. The van der Waals surface area contributed by atoms with Gasteiger partial charge in [-0.2, -0.15) is 5.10 Å². The van der Waals surface area contributed by atoms with E-state index in [2.05, 4.69) is 20.5 Å². The Morgan fingerprint density at radius 3 is 2.50 bits per heavy atom. The number of carbonyl (C=O) groups is 1. The minimum Gasteiger partial charge on any atom is -0.482 e. The van der Waals surface area contributed by atoms with E-state index in [1.807, 2.05) is 19.1 Å². The molecular formula is C26H21Cl2FN6O3. The predicted molar refractivity (Wildman–Crippen MR) is 143 cm³/mol. The number of aryl methyl sites for hydroxylation is 2. The second kappa shape index (κ2) is 10.3. The number of fused-ring (bicyclic) bond motifs is 1. The van der Waals surface area contributed by atoms with Gasteiger partial charge in [0, 0.05) is 18.3 Å². The van der Waals surface area contributed by atoms with Gasteiger partial charge in [0.1, 0.15) is 25.3 Å². The number of imidazole rings is 1. The predicted octanol–water partition coefficient (Wildman–Crippen LogP) is 5.10. The van der Waals surface area contributed by atoms with Crippen LogP contribution in [0.4, 0.5) is 10.1 Å². The topological polar surface area (TPSA) is 107 Å². The van der Waals surface area contributed by atoms with Crippen LogP contribution in [0.15, 0.2) is 59.7 Å². The average molecular weight is 555 g/mol. The Labute approximate surface area is 225 Å². The van der Waals surface area contributed by atoms with E-state index in [1.54, 1.807) is 19.2 Å². The van der Waals surface area contributed by atoms with E-state index in [4.69, 9.17) is 27.9 Å². The number of amides is 1. The monoisotopic (exact) mass is 554 g/mol. The number of nitrogens with one attached hydrogen (secondary N) is 2. The molecule has 0 saturated heterocycles. The normalized spacial score (nSPS) is 11.2. The largest absolute Gasteiger partial charge is 0.482 e. The van der Waals surface area contributed by atoms with Crippen molar-refractivity contribution in [2.45, 2.75) is 20.1 Å². The van der Waals surface area contributed by atoms with Gasteiger partial charge >= 0.3 is 5.69 Å². The average Bonchev–Trinajstić information content (AvgIpc) is 3.47. The van der Waals surface area contributed by atoms with Crippen molar-refractivity contribution in [2.75, 3.05) is 5.32 Å². The number of hydrogen-bond donors (Lipinski definition) is 2. The molecule has 9 nitrogen and oxygen atoms in total. The van der Waals surface area contributed by atoms with Crippen LogP contribution in [-0.4, -0.2) is 30.2 Å². The van der Waals surface area contributed by atoms with Gasteiger partial charge in [0.25, 0.3) is 0 Å².